The summed E-state index contributed by atoms with van der Waals surface area (Å²) in [6.07, 6.45) is 1.96. The third-order valence-electron chi connectivity index (χ3n) is 2.44. The molecule has 0 fully saturated rings. The number of hydrogen-bond donors (Lipinski definition) is 1. The van der Waals surface area contributed by atoms with Crippen LogP contribution in [0, 0.1) is 11.3 Å². The minimum absolute atomic E-state index is 0.316. The van der Waals surface area contributed by atoms with E-state index in [4.69, 9.17) is 4.52 Å². The number of nitrogens with zero attached hydrogens (tertiary/aromatic N) is 2. The molecule has 0 bridgehead atoms. The van der Waals surface area contributed by atoms with E-state index in [0.29, 0.717) is 23.8 Å². The molecule has 1 aromatic rings. The maximum Gasteiger partial charge on any atom is 0.240 e. The van der Waals surface area contributed by atoms with Crippen LogP contribution in [0.15, 0.2) is 4.52 Å². The first-order chi connectivity index (χ1) is 7.87. The van der Waals surface area contributed by atoms with Crippen molar-refractivity contribution in [1.29, 1.82) is 0 Å². The summed E-state index contributed by atoms with van der Waals surface area (Å²) >= 11 is 0. The Hall–Kier alpha value is -0.900. The highest BCUT2D eigenvalue weighted by molar-refractivity contribution is 4.87. The third-order valence-corrected chi connectivity index (χ3v) is 2.44. The molecule has 0 saturated heterocycles. The summed E-state index contributed by atoms with van der Waals surface area (Å²) in [4.78, 5) is 4.37. The van der Waals surface area contributed by atoms with Crippen molar-refractivity contribution in [2.45, 2.75) is 54.0 Å². The Balaban J connectivity index is 2.32. The van der Waals surface area contributed by atoms with E-state index in [-0.39, 0.29) is 0 Å². The average molecular weight is 239 g/mol. The maximum atomic E-state index is 5.19. The van der Waals surface area contributed by atoms with Gasteiger partial charge in [0.2, 0.25) is 5.89 Å². The van der Waals surface area contributed by atoms with Crippen LogP contribution in [-0.2, 0) is 13.0 Å². The lowest BCUT2D eigenvalue weighted by Crippen LogP contribution is -2.19. The molecule has 4 heteroatoms. The summed E-state index contributed by atoms with van der Waals surface area (Å²) in [5.41, 5.74) is 0.316. The van der Waals surface area contributed by atoms with Gasteiger partial charge in [-0.25, -0.2) is 0 Å². The Morgan fingerprint density at radius 1 is 1.29 bits per heavy atom. The number of rotatable bonds is 6. The molecule has 0 radical (unpaired) electrons. The molecule has 0 aliphatic rings. The summed E-state index contributed by atoms with van der Waals surface area (Å²) in [6.45, 7) is 12.7. The molecule has 0 saturated carbocycles. The fraction of sp³-hybridized carbons (Fsp3) is 0.846. The number of aromatic nitrogens is 2. The van der Waals surface area contributed by atoms with Gasteiger partial charge in [-0.2, -0.15) is 4.98 Å². The van der Waals surface area contributed by atoms with Crippen molar-refractivity contribution in [3.63, 3.8) is 0 Å². The molecule has 1 heterocycles. The summed E-state index contributed by atoms with van der Waals surface area (Å²) in [5, 5.41) is 7.28. The zero-order chi connectivity index (χ0) is 12.9. The Kier molecular flexibility index (Phi) is 5.12. The summed E-state index contributed by atoms with van der Waals surface area (Å²) < 4.78 is 5.19. The van der Waals surface area contributed by atoms with Gasteiger partial charge in [-0.1, -0.05) is 39.8 Å². The fourth-order valence-electron chi connectivity index (χ4n) is 1.42. The zero-order valence-electron chi connectivity index (χ0n) is 11.7. The van der Waals surface area contributed by atoms with Crippen molar-refractivity contribution in [2.24, 2.45) is 11.3 Å². The molecule has 1 rings (SSSR count). The molecule has 0 spiro atoms. The van der Waals surface area contributed by atoms with Crippen LogP contribution in [0.3, 0.4) is 0 Å². The van der Waals surface area contributed by atoms with Gasteiger partial charge in [0.15, 0.2) is 5.82 Å². The molecular weight excluding hydrogens is 214 g/mol. The van der Waals surface area contributed by atoms with E-state index >= 15 is 0 Å². The third kappa shape index (κ3) is 6.41. The van der Waals surface area contributed by atoms with Gasteiger partial charge in [0.05, 0.1) is 6.54 Å². The first kappa shape index (κ1) is 14.2. The first-order valence-corrected chi connectivity index (χ1v) is 6.39. The molecule has 0 aliphatic carbocycles. The quantitative estimate of drug-likeness (QED) is 0.829. The van der Waals surface area contributed by atoms with Crippen molar-refractivity contribution in [3.8, 4) is 0 Å². The second-order valence-corrected chi connectivity index (χ2v) is 6.19. The number of hydrogen-bond acceptors (Lipinski definition) is 4. The predicted octanol–water partition coefficient (Wildman–Crippen LogP) is 2.79. The Bertz CT molecular complexity index is 326. The van der Waals surface area contributed by atoms with Crippen LogP contribution in [0.4, 0.5) is 0 Å². The monoisotopic (exact) mass is 239 g/mol. The van der Waals surface area contributed by atoms with Crippen molar-refractivity contribution in [1.82, 2.24) is 15.5 Å². The minimum atomic E-state index is 0.316. The highest BCUT2D eigenvalue weighted by Gasteiger charge is 2.13. The number of nitrogens with one attached hydrogen (secondary N) is 1. The molecule has 0 unspecified atom stereocenters. The average Bonchev–Trinajstić information content (AvgIpc) is 2.61. The van der Waals surface area contributed by atoms with E-state index in [9.17, 15) is 0 Å². The smallest absolute Gasteiger partial charge is 0.240 e. The largest absolute Gasteiger partial charge is 0.338 e. The van der Waals surface area contributed by atoms with Crippen LogP contribution >= 0.6 is 0 Å². The van der Waals surface area contributed by atoms with Gasteiger partial charge in [-0.05, 0) is 24.3 Å². The SMILES string of the molecule is CC(C)CNCc1nc(CCC(C)(C)C)no1. The van der Waals surface area contributed by atoms with E-state index < -0.39 is 0 Å². The van der Waals surface area contributed by atoms with E-state index in [2.05, 4.69) is 50.1 Å². The topological polar surface area (TPSA) is 51.0 Å². The Morgan fingerprint density at radius 3 is 2.59 bits per heavy atom. The van der Waals surface area contributed by atoms with Crippen molar-refractivity contribution in [3.05, 3.63) is 11.7 Å². The Labute approximate surface area is 104 Å². The van der Waals surface area contributed by atoms with E-state index in [1.54, 1.807) is 0 Å². The standard InChI is InChI=1S/C13H25N3O/c1-10(2)8-14-9-12-15-11(16-17-12)6-7-13(3,4)5/h10,14H,6-9H2,1-5H3. The maximum absolute atomic E-state index is 5.19. The van der Waals surface area contributed by atoms with E-state index in [1.165, 1.54) is 0 Å². The fourth-order valence-corrected chi connectivity index (χ4v) is 1.42. The van der Waals surface area contributed by atoms with Crippen LogP contribution in [-0.4, -0.2) is 16.7 Å². The molecule has 0 aliphatic heterocycles. The summed E-state index contributed by atoms with van der Waals surface area (Å²) in [6, 6.07) is 0. The molecule has 0 atom stereocenters. The lowest BCUT2D eigenvalue weighted by Gasteiger charge is -2.15. The van der Waals surface area contributed by atoms with Crippen LogP contribution in [0.25, 0.3) is 0 Å². The highest BCUT2D eigenvalue weighted by Crippen LogP contribution is 2.20. The van der Waals surface area contributed by atoms with Gasteiger partial charge < -0.3 is 9.84 Å². The summed E-state index contributed by atoms with van der Waals surface area (Å²) in [7, 11) is 0. The zero-order valence-corrected chi connectivity index (χ0v) is 11.7. The molecule has 4 nitrogen and oxygen atoms in total. The second-order valence-electron chi connectivity index (χ2n) is 6.19. The molecule has 1 N–H and O–H groups in total. The molecule has 0 aromatic carbocycles. The lowest BCUT2D eigenvalue weighted by atomic mass is 9.90. The first-order valence-electron chi connectivity index (χ1n) is 6.39. The minimum Gasteiger partial charge on any atom is -0.338 e. The lowest BCUT2D eigenvalue weighted by molar-refractivity contribution is 0.348. The Morgan fingerprint density at radius 2 is 2.00 bits per heavy atom. The van der Waals surface area contributed by atoms with Gasteiger partial charge in [-0.3, -0.25) is 0 Å². The van der Waals surface area contributed by atoms with E-state index in [1.807, 2.05) is 0 Å². The van der Waals surface area contributed by atoms with Crippen LogP contribution in [0.5, 0.6) is 0 Å². The van der Waals surface area contributed by atoms with Crippen LogP contribution in [0.1, 0.15) is 52.8 Å². The highest BCUT2D eigenvalue weighted by atomic mass is 16.5. The van der Waals surface area contributed by atoms with Gasteiger partial charge in [0, 0.05) is 6.42 Å². The van der Waals surface area contributed by atoms with Crippen molar-refractivity contribution < 1.29 is 4.52 Å². The van der Waals surface area contributed by atoms with Gasteiger partial charge in [-0.15, -0.1) is 0 Å². The predicted molar refractivity (Wildman–Crippen MR) is 68.6 cm³/mol. The normalized spacial score (nSPS) is 12.4. The molecule has 98 valence electrons. The van der Waals surface area contributed by atoms with Crippen molar-refractivity contribution >= 4 is 0 Å². The summed E-state index contributed by atoms with van der Waals surface area (Å²) in [5.74, 6) is 2.15. The van der Waals surface area contributed by atoms with Gasteiger partial charge in [0.1, 0.15) is 0 Å². The molecule has 0 amide bonds. The van der Waals surface area contributed by atoms with Gasteiger partial charge >= 0.3 is 0 Å². The van der Waals surface area contributed by atoms with Crippen LogP contribution < -0.4 is 5.32 Å². The molecule has 1 aromatic heterocycles. The second kappa shape index (κ2) is 6.15. The van der Waals surface area contributed by atoms with E-state index in [0.717, 1.165) is 25.2 Å². The van der Waals surface area contributed by atoms with Crippen LogP contribution in [0.2, 0.25) is 0 Å². The van der Waals surface area contributed by atoms with Crippen molar-refractivity contribution in [2.75, 3.05) is 6.54 Å². The number of aryl methyl sites for hydroxylation is 1. The molecule has 17 heavy (non-hydrogen) atoms. The molecular formula is C13H25N3O. The van der Waals surface area contributed by atoms with Gasteiger partial charge in [0.25, 0.3) is 0 Å².